The van der Waals surface area contributed by atoms with E-state index in [-0.39, 0.29) is 12.1 Å². The molecular formula is C14H22N4O3. The smallest absolute Gasteiger partial charge is 0.410 e. The van der Waals surface area contributed by atoms with Crippen molar-refractivity contribution in [2.75, 3.05) is 25.5 Å². The lowest BCUT2D eigenvalue weighted by atomic mass is 10.2. The Bertz CT molecular complexity index is 501. The molecule has 1 N–H and O–H groups in total. The lowest BCUT2D eigenvalue weighted by Gasteiger charge is -2.24. The number of hydrogen-bond donors (Lipinski definition) is 1. The number of aromatic nitrogens is 2. The molecule has 21 heavy (non-hydrogen) atoms. The van der Waals surface area contributed by atoms with Crippen LogP contribution >= 0.6 is 0 Å². The van der Waals surface area contributed by atoms with Crippen molar-refractivity contribution in [3.05, 3.63) is 12.4 Å². The van der Waals surface area contributed by atoms with E-state index in [1.807, 2.05) is 20.8 Å². The van der Waals surface area contributed by atoms with Gasteiger partial charge in [0.2, 0.25) is 5.88 Å². The number of nitrogens with zero attached hydrogens (tertiary/aromatic N) is 3. The monoisotopic (exact) mass is 294 g/mol. The van der Waals surface area contributed by atoms with E-state index >= 15 is 0 Å². The van der Waals surface area contributed by atoms with Crippen molar-refractivity contribution in [3.63, 3.8) is 0 Å². The summed E-state index contributed by atoms with van der Waals surface area (Å²) in [5.74, 6) is 1.20. The van der Waals surface area contributed by atoms with Gasteiger partial charge in [0.1, 0.15) is 17.7 Å². The maximum atomic E-state index is 12.0. The zero-order valence-corrected chi connectivity index (χ0v) is 12.9. The first-order valence-electron chi connectivity index (χ1n) is 6.98. The molecule has 1 saturated heterocycles. The Balaban J connectivity index is 1.89. The van der Waals surface area contributed by atoms with Gasteiger partial charge in [0.15, 0.2) is 0 Å². The lowest BCUT2D eigenvalue weighted by Crippen LogP contribution is -2.36. The first-order valence-corrected chi connectivity index (χ1v) is 6.98. The summed E-state index contributed by atoms with van der Waals surface area (Å²) >= 11 is 0. The van der Waals surface area contributed by atoms with Crippen LogP contribution in [0.1, 0.15) is 27.2 Å². The summed E-state index contributed by atoms with van der Waals surface area (Å²) in [6, 6.07) is 1.88. The lowest BCUT2D eigenvalue weighted by molar-refractivity contribution is 0.0293. The van der Waals surface area contributed by atoms with Crippen LogP contribution in [0.2, 0.25) is 0 Å². The van der Waals surface area contributed by atoms with Gasteiger partial charge in [-0.05, 0) is 27.2 Å². The van der Waals surface area contributed by atoms with Gasteiger partial charge in [0.25, 0.3) is 0 Å². The first kappa shape index (κ1) is 15.3. The summed E-state index contributed by atoms with van der Waals surface area (Å²) in [6.07, 6.45) is 2.03. The molecule has 116 valence electrons. The Kier molecular flexibility index (Phi) is 4.50. The van der Waals surface area contributed by atoms with Crippen LogP contribution in [0.4, 0.5) is 10.6 Å². The summed E-state index contributed by atoms with van der Waals surface area (Å²) in [5, 5.41) is 3.28. The maximum Gasteiger partial charge on any atom is 0.410 e. The van der Waals surface area contributed by atoms with Gasteiger partial charge < -0.3 is 19.7 Å². The summed E-state index contributed by atoms with van der Waals surface area (Å²) < 4.78 is 10.4. The normalized spacial score (nSPS) is 18.5. The molecule has 1 aromatic rings. The molecule has 1 aliphatic heterocycles. The summed E-state index contributed by atoms with van der Waals surface area (Å²) in [6.45, 7) is 6.87. The fourth-order valence-electron chi connectivity index (χ4n) is 2.11. The molecule has 7 heteroatoms. The topological polar surface area (TPSA) is 76.6 Å². The summed E-state index contributed by atoms with van der Waals surface area (Å²) in [4.78, 5) is 21.8. The van der Waals surface area contributed by atoms with E-state index in [2.05, 4.69) is 15.3 Å². The largest absolute Gasteiger partial charge is 0.481 e. The number of carbonyl (C=O) groups excluding carboxylic acids is 1. The third-order valence-electron chi connectivity index (χ3n) is 3.04. The van der Waals surface area contributed by atoms with Crippen LogP contribution in [-0.4, -0.2) is 52.8 Å². The van der Waals surface area contributed by atoms with E-state index in [0.29, 0.717) is 24.8 Å². The highest BCUT2D eigenvalue weighted by Gasteiger charge is 2.29. The Hall–Kier alpha value is -2.05. The van der Waals surface area contributed by atoms with Crippen LogP contribution < -0.4 is 10.1 Å². The second-order valence-electron chi connectivity index (χ2n) is 6.00. The number of hydrogen-bond acceptors (Lipinski definition) is 6. The predicted octanol–water partition coefficient (Wildman–Crippen LogP) is 1.91. The van der Waals surface area contributed by atoms with E-state index < -0.39 is 5.60 Å². The maximum absolute atomic E-state index is 12.0. The molecule has 1 aromatic heterocycles. The first-order chi connectivity index (χ1) is 9.87. The van der Waals surface area contributed by atoms with Gasteiger partial charge in [0.05, 0.1) is 7.11 Å². The van der Waals surface area contributed by atoms with Crippen LogP contribution in [0.25, 0.3) is 0 Å². The molecule has 7 nitrogen and oxygen atoms in total. The van der Waals surface area contributed by atoms with Crippen LogP contribution in [0.5, 0.6) is 5.88 Å². The second-order valence-corrected chi connectivity index (χ2v) is 6.00. The van der Waals surface area contributed by atoms with Gasteiger partial charge in [-0.3, -0.25) is 0 Å². The van der Waals surface area contributed by atoms with Crippen LogP contribution in [0, 0.1) is 0 Å². The van der Waals surface area contributed by atoms with Gasteiger partial charge in [0, 0.05) is 25.2 Å². The van der Waals surface area contributed by atoms with E-state index in [0.717, 1.165) is 6.42 Å². The number of carbonyl (C=O) groups is 1. The molecule has 0 saturated carbocycles. The third kappa shape index (κ3) is 4.47. The minimum Gasteiger partial charge on any atom is -0.481 e. The van der Waals surface area contributed by atoms with Crippen LogP contribution in [-0.2, 0) is 4.74 Å². The van der Waals surface area contributed by atoms with Crippen molar-refractivity contribution in [1.82, 2.24) is 14.9 Å². The average Bonchev–Trinajstić information content (AvgIpc) is 2.85. The molecule has 1 fully saturated rings. The number of nitrogens with one attached hydrogen (secondary N) is 1. The van der Waals surface area contributed by atoms with Crippen molar-refractivity contribution in [2.24, 2.45) is 0 Å². The molecule has 1 aliphatic rings. The van der Waals surface area contributed by atoms with Crippen molar-refractivity contribution in [2.45, 2.75) is 38.8 Å². The molecular weight excluding hydrogens is 272 g/mol. The molecule has 0 spiro atoms. The zero-order valence-electron chi connectivity index (χ0n) is 12.9. The van der Waals surface area contributed by atoms with Crippen molar-refractivity contribution in [3.8, 4) is 5.88 Å². The van der Waals surface area contributed by atoms with Crippen LogP contribution in [0.15, 0.2) is 12.4 Å². The fraction of sp³-hybridized carbons (Fsp3) is 0.643. The molecule has 0 bridgehead atoms. The highest BCUT2D eigenvalue weighted by molar-refractivity contribution is 5.68. The van der Waals surface area contributed by atoms with Gasteiger partial charge >= 0.3 is 6.09 Å². The van der Waals surface area contributed by atoms with Gasteiger partial charge in [-0.25, -0.2) is 14.8 Å². The van der Waals surface area contributed by atoms with E-state index in [4.69, 9.17) is 9.47 Å². The van der Waals surface area contributed by atoms with E-state index in [1.165, 1.54) is 6.33 Å². The quantitative estimate of drug-likeness (QED) is 0.917. The Labute approximate surface area is 124 Å². The highest BCUT2D eigenvalue weighted by Crippen LogP contribution is 2.19. The Morgan fingerprint density at radius 2 is 2.19 bits per heavy atom. The Morgan fingerprint density at radius 1 is 1.43 bits per heavy atom. The van der Waals surface area contributed by atoms with E-state index in [1.54, 1.807) is 18.1 Å². The molecule has 0 unspecified atom stereocenters. The van der Waals surface area contributed by atoms with Crippen molar-refractivity contribution < 1.29 is 14.3 Å². The molecule has 0 aliphatic carbocycles. The zero-order chi connectivity index (χ0) is 15.5. The second kappa shape index (κ2) is 6.15. The van der Waals surface area contributed by atoms with Crippen molar-refractivity contribution >= 4 is 11.9 Å². The summed E-state index contributed by atoms with van der Waals surface area (Å²) in [5.41, 5.74) is -0.470. The van der Waals surface area contributed by atoms with Gasteiger partial charge in [-0.15, -0.1) is 0 Å². The molecule has 2 heterocycles. The fourth-order valence-corrected chi connectivity index (χ4v) is 2.11. The Morgan fingerprint density at radius 3 is 2.86 bits per heavy atom. The molecule has 0 aromatic carbocycles. The van der Waals surface area contributed by atoms with Crippen LogP contribution in [0.3, 0.4) is 0 Å². The van der Waals surface area contributed by atoms with E-state index in [9.17, 15) is 4.79 Å². The number of ether oxygens (including phenoxy) is 2. The number of likely N-dealkylation sites (tertiary alicyclic amines) is 1. The standard InChI is InChI=1S/C14H22N4O3/c1-14(2,3)21-13(19)18-6-5-10(8-18)17-11-7-12(20-4)16-9-15-11/h7,9-10H,5-6,8H2,1-4H3,(H,15,16,17)/t10-/m1/s1. The SMILES string of the molecule is COc1cc(N[C@@H]2CCN(C(=O)OC(C)(C)C)C2)ncn1. The number of rotatable bonds is 3. The van der Waals surface area contributed by atoms with Gasteiger partial charge in [-0.1, -0.05) is 0 Å². The minimum absolute atomic E-state index is 0.150. The minimum atomic E-state index is -0.470. The third-order valence-corrected chi connectivity index (χ3v) is 3.04. The van der Waals surface area contributed by atoms with Crippen molar-refractivity contribution in [1.29, 1.82) is 0 Å². The molecule has 1 amide bonds. The molecule has 2 rings (SSSR count). The number of amides is 1. The molecule has 1 atom stereocenters. The number of methoxy groups -OCH3 is 1. The average molecular weight is 294 g/mol. The summed E-state index contributed by atoms with van der Waals surface area (Å²) in [7, 11) is 1.56. The highest BCUT2D eigenvalue weighted by atomic mass is 16.6. The van der Waals surface area contributed by atoms with Gasteiger partial charge in [-0.2, -0.15) is 0 Å². The number of anilines is 1. The predicted molar refractivity (Wildman–Crippen MR) is 78.4 cm³/mol. The molecule has 0 radical (unpaired) electrons.